The molecule has 1 rings (SSSR count). The molecule has 0 saturated heterocycles. The van der Waals surface area contributed by atoms with Crippen LogP contribution in [0.4, 0.5) is 0 Å². The van der Waals surface area contributed by atoms with E-state index < -0.39 is 22.0 Å². The first-order chi connectivity index (χ1) is 9.19. The van der Waals surface area contributed by atoms with Gasteiger partial charge in [-0.25, -0.2) is 17.9 Å². The Morgan fingerprint density at radius 3 is 2.70 bits per heavy atom. The molecule has 0 amide bonds. The highest BCUT2D eigenvalue weighted by atomic mass is 79.9. The first-order valence-electron chi connectivity index (χ1n) is 5.30. The number of carbonyl (C=O) groups is 1. The van der Waals surface area contributed by atoms with Crippen molar-refractivity contribution in [3.05, 3.63) is 27.2 Å². The second-order valence-electron chi connectivity index (χ2n) is 3.96. The Hall–Kier alpha value is -1.14. The average molecular weight is 382 g/mol. The summed E-state index contributed by atoms with van der Waals surface area (Å²) < 4.78 is 26.6. The van der Waals surface area contributed by atoms with Crippen molar-refractivity contribution in [2.45, 2.75) is 24.3 Å². The van der Waals surface area contributed by atoms with Gasteiger partial charge >= 0.3 is 5.97 Å². The first kappa shape index (κ1) is 16.9. The highest BCUT2D eigenvalue weighted by Gasteiger charge is 2.22. The summed E-state index contributed by atoms with van der Waals surface area (Å²) in [6.45, 7) is 1.53. The predicted molar refractivity (Wildman–Crippen MR) is 76.1 cm³/mol. The Bertz CT molecular complexity index is 684. The van der Waals surface area contributed by atoms with Gasteiger partial charge in [-0.3, -0.25) is 0 Å². The number of nitrogens with one attached hydrogen (secondary N) is 1. The molecule has 0 aliphatic carbocycles. The van der Waals surface area contributed by atoms with E-state index in [9.17, 15) is 13.2 Å². The van der Waals surface area contributed by atoms with Crippen LogP contribution in [0.5, 0.6) is 0 Å². The summed E-state index contributed by atoms with van der Waals surface area (Å²) in [5, 5.41) is 17.4. The molecule has 9 heteroatoms. The van der Waals surface area contributed by atoms with Crippen LogP contribution in [0.2, 0.25) is 5.02 Å². The van der Waals surface area contributed by atoms with E-state index in [1.165, 1.54) is 13.0 Å². The van der Waals surface area contributed by atoms with Gasteiger partial charge in [-0.2, -0.15) is 5.26 Å². The molecule has 20 heavy (non-hydrogen) atoms. The largest absolute Gasteiger partial charge is 0.478 e. The van der Waals surface area contributed by atoms with Gasteiger partial charge in [0.2, 0.25) is 10.0 Å². The molecule has 0 saturated carbocycles. The fourth-order valence-corrected chi connectivity index (χ4v) is 3.48. The Balaban J connectivity index is 3.27. The molecule has 6 nitrogen and oxygen atoms in total. The van der Waals surface area contributed by atoms with Crippen molar-refractivity contribution in [1.29, 1.82) is 5.26 Å². The zero-order valence-electron chi connectivity index (χ0n) is 10.2. The molecule has 0 aliphatic rings. The van der Waals surface area contributed by atoms with Crippen molar-refractivity contribution in [2.24, 2.45) is 0 Å². The fraction of sp³-hybridized carbons (Fsp3) is 0.273. The zero-order chi connectivity index (χ0) is 15.5. The van der Waals surface area contributed by atoms with Crippen LogP contribution in [-0.2, 0) is 10.0 Å². The van der Waals surface area contributed by atoms with E-state index in [1.54, 1.807) is 0 Å². The summed E-state index contributed by atoms with van der Waals surface area (Å²) in [6.07, 6.45) is -0.000221. The van der Waals surface area contributed by atoms with E-state index >= 15 is 0 Å². The SMILES string of the molecule is CC(CC#N)NS(=O)(=O)c1cc(Br)c(Cl)c(C(=O)O)c1. The molecular formula is C11H10BrClN2O4S. The Kier molecular flexibility index (Phi) is 5.53. The quantitative estimate of drug-likeness (QED) is 0.814. The Labute approximate surface area is 129 Å². The average Bonchev–Trinajstić information content (AvgIpc) is 2.31. The smallest absolute Gasteiger partial charge is 0.337 e. The van der Waals surface area contributed by atoms with Crippen LogP contribution in [0.1, 0.15) is 23.7 Å². The zero-order valence-corrected chi connectivity index (χ0v) is 13.4. The molecule has 1 atom stereocenters. The number of carboxylic acids is 1. The molecule has 0 fully saturated rings. The van der Waals surface area contributed by atoms with Crippen molar-refractivity contribution in [3.8, 4) is 6.07 Å². The molecule has 0 aliphatic heterocycles. The van der Waals surface area contributed by atoms with Gasteiger partial charge in [-0.05, 0) is 35.0 Å². The van der Waals surface area contributed by atoms with Gasteiger partial charge in [-0.1, -0.05) is 11.6 Å². The lowest BCUT2D eigenvalue weighted by molar-refractivity contribution is 0.0696. The van der Waals surface area contributed by atoms with Crippen molar-refractivity contribution in [3.63, 3.8) is 0 Å². The topological polar surface area (TPSA) is 107 Å². The van der Waals surface area contributed by atoms with Crippen molar-refractivity contribution in [2.75, 3.05) is 0 Å². The van der Waals surface area contributed by atoms with Gasteiger partial charge in [-0.15, -0.1) is 0 Å². The summed E-state index contributed by atoms with van der Waals surface area (Å²) in [6, 6.07) is 3.42. The normalized spacial score (nSPS) is 12.7. The number of sulfonamides is 1. The van der Waals surface area contributed by atoms with Crippen LogP contribution in [0.3, 0.4) is 0 Å². The summed E-state index contributed by atoms with van der Waals surface area (Å²) in [5.74, 6) is -1.34. The van der Waals surface area contributed by atoms with Gasteiger partial charge in [0.25, 0.3) is 0 Å². The maximum absolute atomic E-state index is 12.1. The third-order valence-corrected chi connectivity index (χ3v) is 5.13. The third kappa shape index (κ3) is 3.93. The van der Waals surface area contributed by atoms with E-state index in [-0.39, 0.29) is 26.4 Å². The van der Waals surface area contributed by atoms with E-state index in [4.69, 9.17) is 22.0 Å². The lowest BCUT2D eigenvalue weighted by atomic mass is 10.2. The molecule has 108 valence electrons. The van der Waals surface area contributed by atoms with Crippen molar-refractivity contribution >= 4 is 43.5 Å². The van der Waals surface area contributed by atoms with E-state index in [1.807, 2.05) is 6.07 Å². The summed E-state index contributed by atoms with van der Waals surface area (Å²) in [4.78, 5) is 10.8. The number of nitrogens with zero attached hydrogens (tertiary/aromatic N) is 1. The first-order valence-corrected chi connectivity index (χ1v) is 7.96. The highest BCUT2D eigenvalue weighted by Crippen LogP contribution is 2.30. The minimum Gasteiger partial charge on any atom is -0.478 e. The van der Waals surface area contributed by atoms with Crippen LogP contribution in [-0.4, -0.2) is 25.5 Å². The minimum atomic E-state index is -3.93. The molecule has 1 aromatic rings. The van der Waals surface area contributed by atoms with Gasteiger partial charge in [0.15, 0.2) is 0 Å². The lowest BCUT2D eigenvalue weighted by Crippen LogP contribution is -2.32. The molecule has 2 N–H and O–H groups in total. The van der Waals surface area contributed by atoms with Crippen LogP contribution >= 0.6 is 27.5 Å². The highest BCUT2D eigenvalue weighted by molar-refractivity contribution is 9.10. The molecule has 0 aromatic heterocycles. The molecule has 0 spiro atoms. The number of nitriles is 1. The fourth-order valence-electron chi connectivity index (χ4n) is 1.39. The van der Waals surface area contributed by atoms with Crippen LogP contribution < -0.4 is 4.72 Å². The van der Waals surface area contributed by atoms with Gasteiger partial charge in [0, 0.05) is 10.5 Å². The van der Waals surface area contributed by atoms with E-state index in [2.05, 4.69) is 20.7 Å². The third-order valence-electron chi connectivity index (χ3n) is 2.30. The number of hydrogen-bond acceptors (Lipinski definition) is 4. The number of carboxylic acid groups (broad SMARTS) is 1. The molecule has 0 heterocycles. The van der Waals surface area contributed by atoms with Crippen LogP contribution in [0.25, 0.3) is 0 Å². The van der Waals surface area contributed by atoms with Gasteiger partial charge in [0.05, 0.1) is 28.0 Å². The second kappa shape index (κ2) is 6.54. The molecule has 0 radical (unpaired) electrons. The lowest BCUT2D eigenvalue weighted by Gasteiger charge is -2.12. The number of halogens is 2. The summed E-state index contributed by atoms with van der Waals surface area (Å²) in [5.41, 5.74) is -0.325. The van der Waals surface area contributed by atoms with Crippen molar-refractivity contribution < 1.29 is 18.3 Å². The van der Waals surface area contributed by atoms with E-state index in [0.29, 0.717) is 0 Å². The number of aromatic carboxylic acids is 1. The number of hydrogen-bond donors (Lipinski definition) is 2. The Morgan fingerprint density at radius 1 is 1.60 bits per heavy atom. The van der Waals surface area contributed by atoms with Gasteiger partial charge in [0.1, 0.15) is 0 Å². The second-order valence-corrected chi connectivity index (χ2v) is 6.90. The monoisotopic (exact) mass is 380 g/mol. The Morgan fingerprint density at radius 2 is 2.20 bits per heavy atom. The maximum atomic E-state index is 12.1. The van der Waals surface area contributed by atoms with Crippen LogP contribution in [0.15, 0.2) is 21.5 Å². The summed E-state index contributed by atoms with van der Waals surface area (Å²) >= 11 is 8.79. The molecule has 1 unspecified atom stereocenters. The number of benzene rings is 1. The summed E-state index contributed by atoms with van der Waals surface area (Å²) in [7, 11) is -3.93. The van der Waals surface area contributed by atoms with Crippen LogP contribution in [0, 0.1) is 11.3 Å². The predicted octanol–water partition coefficient (Wildman–Crippen LogP) is 2.38. The molecular weight excluding hydrogens is 372 g/mol. The van der Waals surface area contributed by atoms with Crippen molar-refractivity contribution in [1.82, 2.24) is 4.72 Å². The maximum Gasteiger partial charge on any atom is 0.337 e. The molecule has 1 aromatic carbocycles. The minimum absolute atomic E-state index is 0.000221. The number of rotatable bonds is 5. The van der Waals surface area contributed by atoms with E-state index in [0.717, 1.165) is 6.07 Å². The molecule has 0 bridgehead atoms. The standard InChI is InChI=1S/C11H10BrClN2O4S/c1-6(2-3-14)15-20(18,19)7-4-8(11(16)17)10(13)9(12)5-7/h4-6,15H,2H2,1H3,(H,16,17). The van der Waals surface area contributed by atoms with Gasteiger partial charge < -0.3 is 5.11 Å².